The Morgan fingerprint density at radius 3 is 2.64 bits per heavy atom. The molecule has 1 aliphatic rings. The second-order valence-electron chi connectivity index (χ2n) is 9.23. The highest BCUT2D eigenvalue weighted by molar-refractivity contribution is 5.83. The molecule has 0 aliphatic carbocycles. The monoisotopic (exact) mass is 446 g/mol. The zero-order valence-corrected chi connectivity index (χ0v) is 19.2. The van der Waals surface area contributed by atoms with Gasteiger partial charge >= 0.3 is 0 Å². The number of pyridine rings is 2. The Bertz CT molecular complexity index is 1410. The van der Waals surface area contributed by atoms with E-state index < -0.39 is 5.67 Å². The Morgan fingerprint density at radius 1 is 1.09 bits per heavy atom. The van der Waals surface area contributed by atoms with Gasteiger partial charge in [0, 0.05) is 43.3 Å². The summed E-state index contributed by atoms with van der Waals surface area (Å²) in [7, 11) is 0. The van der Waals surface area contributed by atoms with Crippen LogP contribution in [0.25, 0.3) is 16.6 Å². The Hall–Kier alpha value is -3.52. The van der Waals surface area contributed by atoms with Crippen molar-refractivity contribution in [2.24, 2.45) is 0 Å². The van der Waals surface area contributed by atoms with Crippen molar-refractivity contribution in [3.8, 4) is 5.69 Å². The molecular formula is C25H27FN6O. The van der Waals surface area contributed by atoms with Gasteiger partial charge in [0.2, 0.25) is 0 Å². The van der Waals surface area contributed by atoms with Crippen LogP contribution in [0.3, 0.4) is 0 Å². The quantitative estimate of drug-likeness (QED) is 0.464. The highest BCUT2D eigenvalue weighted by Crippen LogP contribution is 2.28. The first-order valence-corrected chi connectivity index (χ1v) is 11.1. The molecule has 0 atom stereocenters. The lowest BCUT2D eigenvalue weighted by Gasteiger charge is -2.19. The van der Waals surface area contributed by atoms with Crippen LogP contribution in [0.15, 0.2) is 53.6 Å². The van der Waals surface area contributed by atoms with Crippen LogP contribution in [0, 0.1) is 0 Å². The van der Waals surface area contributed by atoms with Crippen molar-refractivity contribution in [2.45, 2.75) is 52.5 Å². The fourth-order valence-electron chi connectivity index (χ4n) is 4.31. The van der Waals surface area contributed by atoms with Gasteiger partial charge in [0.25, 0.3) is 5.56 Å². The summed E-state index contributed by atoms with van der Waals surface area (Å²) in [5.41, 5.74) is 3.45. The number of hydrogen-bond donors (Lipinski definition) is 2. The van der Waals surface area contributed by atoms with Crippen LogP contribution in [0.4, 0.5) is 15.9 Å². The van der Waals surface area contributed by atoms with Crippen molar-refractivity contribution < 1.29 is 4.39 Å². The molecule has 0 fully saturated rings. The first-order chi connectivity index (χ1) is 15.7. The fraction of sp³-hybridized carbons (Fsp3) is 0.320. The molecular weight excluding hydrogens is 419 g/mol. The molecule has 0 saturated heterocycles. The fourth-order valence-corrected chi connectivity index (χ4v) is 4.31. The zero-order valence-electron chi connectivity index (χ0n) is 19.2. The molecule has 170 valence electrons. The third kappa shape index (κ3) is 3.80. The molecule has 0 saturated carbocycles. The summed E-state index contributed by atoms with van der Waals surface area (Å²) in [5, 5.41) is 7.21. The lowest BCUT2D eigenvalue weighted by atomic mass is 10.1. The molecule has 8 heteroatoms. The van der Waals surface area contributed by atoms with Gasteiger partial charge in [-0.3, -0.25) is 9.78 Å². The van der Waals surface area contributed by atoms with E-state index in [9.17, 15) is 9.18 Å². The van der Waals surface area contributed by atoms with Crippen LogP contribution >= 0.6 is 0 Å². The topological polar surface area (TPSA) is 76.8 Å². The van der Waals surface area contributed by atoms with Crippen molar-refractivity contribution in [3.63, 3.8) is 0 Å². The van der Waals surface area contributed by atoms with Gasteiger partial charge in [-0.2, -0.15) is 0 Å². The van der Waals surface area contributed by atoms with Crippen LogP contribution in [-0.4, -0.2) is 19.3 Å². The van der Waals surface area contributed by atoms with Gasteiger partial charge in [0.15, 0.2) is 0 Å². The predicted octanol–water partition coefficient (Wildman–Crippen LogP) is 4.71. The third-order valence-corrected chi connectivity index (χ3v) is 5.96. The minimum Gasteiger partial charge on any atom is -0.340 e. The van der Waals surface area contributed by atoms with E-state index in [2.05, 4.69) is 32.7 Å². The van der Waals surface area contributed by atoms with Crippen molar-refractivity contribution in [1.82, 2.24) is 24.6 Å². The third-order valence-electron chi connectivity index (χ3n) is 5.96. The molecule has 4 aromatic rings. The highest BCUT2D eigenvalue weighted by Gasteiger charge is 2.23. The van der Waals surface area contributed by atoms with E-state index in [1.54, 1.807) is 29.2 Å². The number of halogens is 1. The van der Waals surface area contributed by atoms with Gasteiger partial charge < -0.3 is 10.6 Å². The van der Waals surface area contributed by atoms with Crippen LogP contribution in [-0.2, 0) is 18.8 Å². The van der Waals surface area contributed by atoms with Gasteiger partial charge in [-0.05, 0) is 63.1 Å². The van der Waals surface area contributed by atoms with Crippen LogP contribution in [0.2, 0.25) is 0 Å². The minimum absolute atomic E-state index is 0.111. The van der Waals surface area contributed by atoms with Crippen molar-refractivity contribution in [1.29, 1.82) is 0 Å². The number of nitrogens with one attached hydrogen (secondary N) is 2. The molecule has 0 spiro atoms. The van der Waals surface area contributed by atoms with E-state index in [1.807, 2.05) is 30.7 Å². The number of hydrogen-bond acceptors (Lipinski definition) is 5. The Morgan fingerprint density at radius 2 is 1.88 bits per heavy atom. The first-order valence-electron chi connectivity index (χ1n) is 11.1. The molecule has 5 rings (SSSR count). The number of alkyl halides is 1. The Labute approximate surface area is 191 Å². The predicted molar refractivity (Wildman–Crippen MR) is 128 cm³/mol. The molecule has 7 nitrogen and oxygen atoms in total. The van der Waals surface area contributed by atoms with Crippen molar-refractivity contribution in [3.05, 3.63) is 76.0 Å². The number of anilines is 2. The van der Waals surface area contributed by atoms with Crippen LogP contribution < -0.4 is 16.2 Å². The second kappa shape index (κ2) is 7.81. The molecule has 3 aromatic heterocycles. The van der Waals surface area contributed by atoms with E-state index in [0.717, 1.165) is 18.8 Å². The first kappa shape index (κ1) is 21.3. The number of aromatic nitrogens is 4. The highest BCUT2D eigenvalue weighted by atomic mass is 19.1. The number of nitrogens with zero attached hydrogens (tertiary/aromatic N) is 4. The van der Waals surface area contributed by atoms with Gasteiger partial charge in [-0.25, -0.2) is 18.7 Å². The van der Waals surface area contributed by atoms with E-state index in [1.165, 1.54) is 25.0 Å². The van der Waals surface area contributed by atoms with Gasteiger partial charge in [-0.1, -0.05) is 6.07 Å². The Balaban J connectivity index is 1.65. The summed E-state index contributed by atoms with van der Waals surface area (Å²) in [5.74, 6) is 0.628. The van der Waals surface area contributed by atoms with E-state index in [4.69, 9.17) is 0 Å². The molecule has 1 aliphatic heterocycles. The van der Waals surface area contributed by atoms with Gasteiger partial charge in [-0.15, -0.1) is 0 Å². The minimum atomic E-state index is -1.60. The molecule has 0 radical (unpaired) electrons. The number of rotatable bonds is 5. The summed E-state index contributed by atoms with van der Waals surface area (Å²) in [4.78, 5) is 21.9. The summed E-state index contributed by atoms with van der Waals surface area (Å²) in [6, 6.07) is 11.5. The van der Waals surface area contributed by atoms with E-state index in [-0.39, 0.29) is 11.6 Å². The molecule has 0 bridgehead atoms. The Kier molecular flexibility index (Phi) is 5.05. The summed E-state index contributed by atoms with van der Waals surface area (Å²) < 4.78 is 18.1. The second-order valence-corrected chi connectivity index (χ2v) is 9.23. The largest absolute Gasteiger partial charge is 0.340 e. The van der Waals surface area contributed by atoms with Gasteiger partial charge in [0.05, 0.1) is 22.3 Å². The average molecular weight is 447 g/mol. The zero-order chi connectivity index (χ0) is 23.3. The summed E-state index contributed by atoms with van der Waals surface area (Å²) in [6.45, 7) is 8.58. The molecule has 0 unspecified atom stereocenters. The molecule has 0 amide bonds. The molecule has 2 N–H and O–H groups in total. The number of fused-ring (bicyclic) bond motifs is 2. The van der Waals surface area contributed by atoms with E-state index in [0.29, 0.717) is 28.1 Å². The van der Waals surface area contributed by atoms with Crippen LogP contribution in [0.1, 0.15) is 50.6 Å². The number of benzene rings is 1. The molecule has 1 aromatic carbocycles. The average Bonchev–Trinajstić information content (AvgIpc) is 3.35. The smallest absolute Gasteiger partial charge is 0.276 e. The summed E-state index contributed by atoms with van der Waals surface area (Å²) in [6.07, 6.45) is 3.18. The lowest BCUT2D eigenvalue weighted by Crippen LogP contribution is -2.24. The van der Waals surface area contributed by atoms with Crippen LogP contribution in [0.5, 0.6) is 0 Å². The summed E-state index contributed by atoms with van der Waals surface area (Å²) >= 11 is 0. The maximum absolute atomic E-state index is 14.6. The molecule has 4 heterocycles. The lowest BCUT2D eigenvalue weighted by molar-refractivity contribution is 0.214. The normalized spacial score (nSPS) is 13.6. The maximum Gasteiger partial charge on any atom is 0.276 e. The molecule has 33 heavy (non-hydrogen) atoms. The van der Waals surface area contributed by atoms with Gasteiger partial charge in [0.1, 0.15) is 11.5 Å². The van der Waals surface area contributed by atoms with Crippen molar-refractivity contribution >= 4 is 22.4 Å². The maximum atomic E-state index is 14.6. The van der Waals surface area contributed by atoms with E-state index >= 15 is 0 Å². The standard InChI is InChI=1S/C25H27FN6O/c1-15(2)31-24(33)20-14-29-23(30-18-6-5-16-12-27-13-17(16)9-18)11-21(20)32(31)19-7-8-28-22(10-19)25(3,4)26/h5-11,14-15,27H,12-13H2,1-4H3,(H,29,30). The van der Waals surface area contributed by atoms with Crippen molar-refractivity contribution in [2.75, 3.05) is 5.32 Å². The SMILES string of the molecule is CC(C)n1c(=O)c2cnc(Nc3ccc4c(c3)CNC4)cc2n1-c1ccnc(C(C)(C)F)c1.